The van der Waals surface area contributed by atoms with E-state index in [4.69, 9.17) is 14.4 Å². The summed E-state index contributed by atoms with van der Waals surface area (Å²) in [7, 11) is 0. The number of pyridine rings is 4. The standard InChI is InChI=1S/C42H26N4O/c1-2-11-32-31(10-1)33(35-13-3-6-21-43-35)26-34-41-30(12-9-16-40(41)47-42(32)34)28-19-17-27(18-20-28)29-24-38(36-14-4-7-22-44-36)46-39(25-29)37-15-5-8-23-45-37/h1-26H. The highest BCUT2D eigenvalue weighted by Gasteiger charge is 2.18. The molecule has 0 N–H and O–H groups in total. The zero-order valence-corrected chi connectivity index (χ0v) is 25.2. The topological polar surface area (TPSA) is 64.7 Å². The van der Waals surface area contributed by atoms with E-state index in [1.54, 1.807) is 12.4 Å². The number of benzene rings is 4. The Morgan fingerprint density at radius 3 is 1.62 bits per heavy atom. The van der Waals surface area contributed by atoms with Crippen LogP contribution in [0.1, 0.15) is 0 Å². The van der Waals surface area contributed by atoms with Gasteiger partial charge in [-0.25, -0.2) is 4.98 Å². The Labute approximate surface area is 270 Å². The second-order valence-electron chi connectivity index (χ2n) is 11.5. The molecule has 9 aromatic rings. The summed E-state index contributed by atoms with van der Waals surface area (Å²) in [4.78, 5) is 18.8. The minimum Gasteiger partial charge on any atom is -0.455 e. The van der Waals surface area contributed by atoms with Crippen molar-refractivity contribution in [1.29, 1.82) is 0 Å². The SMILES string of the molecule is c1ccc(-c2cc(-c3ccc(-c4cccc5oc6c7ccccc7c(-c7ccccn7)cc6c45)cc3)cc(-c3ccccn3)n2)nc1. The number of fused-ring (bicyclic) bond motifs is 5. The number of nitrogens with zero attached hydrogens (tertiary/aromatic N) is 4. The van der Waals surface area contributed by atoms with Crippen molar-refractivity contribution in [3.63, 3.8) is 0 Å². The summed E-state index contributed by atoms with van der Waals surface area (Å²) in [6.07, 6.45) is 5.43. The third-order valence-electron chi connectivity index (χ3n) is 8.65. The van der Waals surface area contributed by atoms with E-state index in [1.807, 2.05) is 54.7 Å². The number of hydrogen-bond acceptors (Lipinski definition) is 5. The van der Waals surface area contributed by atoms with Crippen LogP contribution in [0.15, 0.2) is 163 Å². The molecule has 0 amide bonds. The van der Waals surface area contributed by atoms with E-state index in [-0.39, 0.29) is 0 Å². The first-order valence-corrected chi connectivity index (χ1v) is 15.5. The molecule has 0 aliphatic carbocycles. The van der Waals surface area contributed by atoms with Crippen LogP contribution in [0.5, 0.6) is 0 Å². The highest BCUT2D eigenvalue weighted by Crippen LogP contribution is 2.43. The molecule has 47 heavy (non-hydrogen) atoms. The Morgan fingerprint density at radius 2 is 0.979 bits per heavy atom. The second-order valence-corrected chi connectivity index (χ2v) is 11.5. The summed E-state index contributed by atoms with van der Waals surface area (Å²) >= 11 is 0. The molecule has 9 rings (SSSR count). The van der Waals surface area contributed by atoms with Crippen molar-refractivity contribution in [2.24, 2.45) is 0 Å². The number of aromatic nitrogens is 4. The van der Waals surface area contributed by atoms with Crippen molar-refractivity contribution in [2.45, 2.75) is 0 Å². The predicted octanol–water partition coefficient (Wildman–Crippen LogP) is 10.7. The maximum absolute atomic E-state index is 6.58. The number of rotatable bonds is 5. The lowest BCUT2D eigenvalue weighted by Crippen LogP contribution is -1.94. The number of hydrogen-bond donors (Lipinski definition) is 0. The van der Waals surface area contributed by atoms with Crippen molar-refractivity contribution >= 4 is 32.7 Å². The molecule has 0 aliphatic rings. The van der Waals surface area contributed by atoms with Gasteiger partial charge in [-0.3, -0.25) is 15.0 Å². The molecule has 0 atom stereocenters. The predicted molar refractivity (Wildman–Crippen MR) is 190 cm³/mol. The molecule has 0 aliphatic heterocycles. The lowest BCUT2D eigenvalue weighted by molar-refractivity contribution is 0.673. The fraction of sp³-hybridized carbons (Fsp3) is 0. The Bertz CT molecular complexity index is 2490. The van der Waals surface area contributed by atoms with E-state index < -0.39 is 0 Å². The molecule has 5 aromatic heterocycles. The van der Waals surface area contributed by atoms with Crippen LogP contribution >= 0.6 is 0 Å². The summed E-state index contributed by atoms with van der Waals surface area (Å²) in [5.74, 6) is 0. The van der Waals surface area contributed by atoms with Gasteiger partial charge in [0.25, 0.3) is 0 Å². The van der Waals surface area contributed by atoms with Gasteiger partial charge in [0.05, 0.1) is 28.5 Å². The molecular weight excluding hydrogens is 576 g/mol. The van der Waals surface area contributed by atoms with Gasteiger partial charge in [-0.1, -0.05) is 78.9 Å². The van der Waals surface area contributed by atoms with E-state index in [1.165, 1.54) is 0 Å². The van der Waals surface area contributed by atoms with E-state index >= 15 is 0 Å². The van der Waals surface area contributed by atoms with Crippen molar-refractivity contribution in [2.75, 3.05) is 0 Å². The van der Waals surface area contributed by atoms with Gasteiger partial charge >= 0.3 is 0 Å². The molecule has 0 spiro atoms. The summed E-state index contributed by atoms with van der Waals surface area (Å²) < 4.78 is 6.58. The van der Waals surface area contributed by atoms with Gasteiger partial charge in [0, 0.05) is 40.3 Å². The molecule has 220 valence electrons. The van der Waals surface area contributed by atoms with Crippen molar-refractivity contribution in [3.8, 4) is 56.3 Å². The maximum atomic E-state index is 6.58. The van der Waals surface area contributed by atoms with Crippen LogP contribution in [0.2, 0.25) is 0 Å². The van der Waals surface area contributed by atoms with Crippen LogP contribution in [0.4, 0.5) is 0 Å². The molecule has 5 heterocycles. The average Bonchev–Trinajstić information content (AvgIpc) is 3.55. The van der Waals surface area contributed by atoms with Crippen LogP contribution in [-0.4, -0.2) is 19.9 Å². The largest absolute Gasteiger partial charge is 0.455 e. The Balaban J connectivity index is 1.19. The van der Waals surface area contributed by atoms with Crippen molar-refractivity contribution in [1.82, 2.24) is 19.9 Å². The molecule has 0 fully saturated rings. The van der Waals surface area contributed by atoms with Gasteiger partial charge in [0.1, 0.15) is 11.2 Å². The Morgan fingerprint density at radius 1 is 0.383 bits per heavy atom. The van der Waals surface area contributed by atoms with E-state index in [9.17, 15) is 0 Å². The van der Waals surface area contributed by atoms with E-state index in [0.717, 1.165) is 89.0 Å². The lowest BCUT2D eigenvalue weighted by Gasteiger charge is -2.11. The molecule has 5 nitrogen and oxygen atoms in total. The van der Waals surface area contributed by atoms with Gasteiger partial charge in [-0.2, -0.15) is 0 Å². The second kappa shape index (κ2) is 11.2. The van der Waals surface area contributed by atoms with Gasteiger partial charge in [0.15, 0.2) is 0 Å². The van der Waals surface area contributed by atoms with Gasteiger partial charge in [-0.05, 0) is 88.3 Å². The molecule has 0 radical (unpaired) electrons. The van der Waals surface area contributed by atoms with Gasteiger partial charge in [-0.15, -0.1) is 0 Å². The van der Waals surface area contributed by atoms with E-state index in [2.05, 4.69) is 101 Å². The molecule has 0 bridgehead atoms. The third kappa shape index (κ3) is 4.73. The molecule has 0 saturated heterocycles. The average molecular weight is 603 g/mol. The van der Waals surface area contributed by atoms with Crippen LogP contribution in [0.3, 0.4) is 0 Å². The Kier molecular flexibility index (Phi) is 6.39. The normalized spacial score (nSPS) is 11.4. The fourth-order valence-corrected chi connectivity index (χ4v) is 6.45. The number of furan rings is 1. The lowest BCUT2D eigenvalue weighted by atomic mass is 9.94. The quantitative estimate of drug-likeness (QED) is 0.196. The minimum atomic E-state index is 0.804. The molecule has 4 aromatic carbocycles. The molecular formula is C42H26N4O. The first-order chi connectivity index (χ1) is 23.3. The zero-order chi connectivity index (χ0) is 31.2. The van der Waals surface area contributed by atoms with Crippen LogP contribution in [-0.2, 0) is 0 Å². The summed E-state index contributed by atoms with van der Waals surface area (Å²) in [6, 6.07) is 47.6. The first kappa shape index (κ1) is 26.9. The summed E-state index contributed by atoms with van der Waals surface area (Å²) in [6.45, 7) is 0. The summed E-state index contributed by atoms with van der Waals surface area (Å²) in [5.41, 5.74) is 11.4. The fourth-order valence-electron chi connectivity index (χ4n) is 6.45. The van der Waals surface area contributed by atoms with Crippen molar-refractivity contribution < 1.29 is 4.42 Å². The van der Waals surface area contributed by atoms with Crippen LogP contribution < -0.4 is 0 Å². The van der Waals surface area contributed by atoms with Gasteiger partial charge in [0.2, 0.25) is 0 Å². The van der Waals surface area contributed by atoms with Crippen LogP contribution in [0, 0.1) is 0 Å². The first-order valence-electron chi connectivity index (χ1n) is 15.5. The Hall–Kier alpha value is -6.46. The van der Waals surface area contributed by atoms with Crippen molar-refractivity contribution in [3.05, 3.63) is 158 Å². The zero-order valence-electron chi connectivity index (χ0n) is 25.2. The highest BCUT2D eigenvalue weighted by atomic mass is 16.3. The van der Waals surface area contributed by atoms with Crippen LogP contribution in [0.25, 0.3) is 89.0 Å². The third-order valence-corrected chi connectivity index (χ3v) is 8.65. The van der Waals surface area contributed by atoms with E-state index in [0.29, 0.717) is 0 Å². The minimum absolute atomic E-state index is 0.804. The molecule has 0 saturated carbocycles. The highest BCUT2D eigenvalue weighted by molar-refractivity contribution is 6.22. The molecule has 0 unspecified atom stereocenters. The van der Waals surface area contributed by atoms with Gasteiger partial charge < -0.3 is 4.42 Å². The summed E-state index contributed by atoms with van der Waals surface area (Å²) in [5, 5.41) is 4.37. The monoisotopic (exact) mass is 602 g/mol. The smallest absolute Gasteiger partial charge is 0.143 e. The molecule has 5 heteroatoms. The maximum Gasteiger partial charge on any atom is 0.143 e.